The largest absolute Gasteiger partial charge is 0.507 e. The van der Waals surface area contributed by atoms with E-state index in [1.807, 2.05) is 0 Å². The Bertz CT molecular complexity index is 1000. The molecule has 0 saturated carbocycles. The highest BCUT2D eigenvalue weighted by atomic mass is 16.5. The molecule has 1 aromatic carbocycles. The van der Waals surface area contributed by atoms with Crippen LogP contribution in [-0.2, 0) is 14.3 Å². The molecule has 0 spiro atoms. The van der Waals surface area contributed by atoms with Crippen LogP contribution in [0.15, 0.2) is 54.4 Å². The number of methoxy groups -OCH3 is 1. The maximum Gasteiger partial charge on any atom is 0.295 e. The molecule has 2 aliphatic heterocycles. The first-order valence-corrected chi connectivity index (χ1v) is 10.7. The predicted octanol–water partition coefficient (Wildman–Crippen LogP) is 2.23. The van der Waals surface area contributed by atoms with Crippen molar-refractivity contribution in [1.29, 1.82) is 0 Å². The number of carbonyl (C=O) groups is 2. The number of aliphatic hydroxyl groups excluding tert-OH is 1. The fourth-order valence-corrected chi connectivity index (χ4v) is 4.22. The van der Waals surface area contributed by atoms with E-state index in [-0.39, 0.29) is 11.3 Å². The van der Waals surface area contributed by atoms with Crippen molar-refractivity contribution in [2.75, 3.05) is 46.5 Å². The molecule has 2 aromatic rings. The number of nitrogens with zero attached hydrogens (tertiary/aromatic N) is 3. The van der Waals surface area contributed by atoms with Gasteiger partial charge in [-0.2, -0.15) is 0 Å². The molecule has 2 aliphatic rings. The number of benzene rings is 1. The maximum absolute atomic E-state index is 13.1. The second-order valence-corrected chi connectivity index (χ2v) is 7.81. The first-order chi connectivity index (χ1) is 15.6. The van der Waals surface area contributed by atoms with Gasteiger partial charge >= 0.3 is 0 Å². The molecule has 1 aromatic heterocycles. The zero-order chi connectivity index (χ0) is 22.5. The number of morpholine rings is 1. The Hall–Kier alpha value is -3.23. The Kier molecular flexibility index (Phi) is 6.82. The minimum atomic E-state index is -0.682. The monoisotopic (exact) mass is 437 g/mol. The minimum Gasteiger partial charge on any atom is -0.507 e. The summed E-state index contributed by atoms with van der Waals surface area (Å²) < 4.78 is 10.6. The van der Waals surface area contributed by atoms with Gasteiger partial charge in [-0.1, -0.05) is 12.1 Å². The second kappa shape index (κ2) is 9.93. The van der Waals surface area contributed by atoms with Gasteiger partial charge in [0.25, 0.3) is 11.7 Å². The van der Waals surface area contributed by atoms with Gasteiger partial charge in [-0.3, -0.25) is 19.5 Å². The van der Waals surface area contributed by atoms with Crippen LogP contribution in [-0.4, -0.2) is 78.1 Å². The van der Waals surface area contributed by atoms with Gasteiger partial charge < -0.3 is 19.5 Å². The lowest BCUT2D eigenvalue weighted by atomic mass is 9.96. The summed E-state index contributed by atoms with van der Waals surface area (Å²) in [5, 5.41) is 11.1. The highest BCUT2D eigenvalue weighted by Crippen LogP contribution is 2.39. The summed E-state index contributed by atoms with van der Waals surface area (Å²) in [6.45, 7) is 4.37. The number of ether oxygens (including phenoxy) is 2. The fourth-order valence-electron chi connectivity index (χ4n) is 4.22. The topological polar surface area (TPSA) is 92.2 Å². The number of rotatable bonds is 7. The third-order valence-electron chi connectivity index (χ3n) is 5.88. The van der Waals surface area contributed by atoms with Crippen molar-refractivity contribution in [3.05, 3.63) is 65.5 Å². The van der Waals surface area contributed by atoms with E-state index >= 15 is 0 Å². The molecule has 1 atom stereocenters. The number of pyridine rings is 1. The van der Waals surface area contributed by atoms with Crippen LogP contribution in [0.1, 0.15) is 23.6 Å². The number of hydrogen-bond acceptors (Lipinski definition) is 7. The third-order valence-corrected chi connectivity index (χ3v) is 5.88. The van der Waals surface area contributed by atoms with E-state index in [2.05, 4.69) is 9.88 Å². The van der Waals surface area contributed by atoms with Crippen molar-refractivity contribution in [3.8, 4) is 5.75 Å². The molecular formula is C24H27N3O5. The summed E-state index contributed by atoms with van der Waals surface area (Å²) in [4.78, 5) is 33.9. The Labute approximate surface area is 187 Å². The van der Waals surface area contributed by atoms with Gasteiger partial charge in [0.1, 0.15) is 11.5 Å². The number of aromatic nitrogens is 1. The maximum atomic E-state index is 13.1. The lowest BCUT2D eigenvalue weighted by molar-refractivity contribution is -0.140. The molecule has 1 N–H and O–H groups in total. The Morgan fingerprint density at radius 3 is 2.62 bits per heavy atom. The summed E-state index contributed by atoms with van der Waals surface area (Å²) >= 11 is 0. The molecule has 1 amide bonds. The average Bonchev–Trinajstić information content (AvgIpc) is 3.10. The van der Waals surface area contributed by atoms with Crippen LogP contribution in [0.2, 0.25) is 0 Å². The zero-order valence-corrected chi connectivity index (χ0v) is 18.1. The average molecular weight is 437 g/mol. The molecule has 8 heteroatoms. The summed E-state index contributed by atoms with van der Waals surface area (Å²) in [5.41, 5.74) is 1.24. The molecule has 0 unspecified atom stereocenters. The Morgan fingerprint density at radius 2 is 1.91 bits per heavy atom. The SMILES string of the molecule is COc1cccc(/C(O)=C2\C(=O)C(=O)N(CCCN3CCOCC3)[C@@H]2c2ccncc2)c1. The van der Waals surface area contributed by atoms with Gasteiger partial charge in [0, 0.05) is 44.1 Å². The van der Waals surface area contributed by atoms with Crippen LogP contribution in [0.4, 0.5) is 0 Å². The second-order valence-electron chi connectivity index (χ2n) is 7.81. The molecule has 2 fully saturated rings. The summed E-state index contributed by atoms with van der Waals surface area (Å²) in [6, 6.07) is 9.68. The van der Waals surface area contributed by atoms with E-state index in [0.717, 1.165) is 25.2 Å². The van der Waals surface area contributed by atoms with E-state index in [0.29, 0.717) is 37.5 Å². The van der Waals surface area contributed by atoms with E-state index < -0.39 is 17.7 Å². The van der Waals surface area contributed by atoms with Crippen LogP contribution >= 0.6 is 0 Å². The molecule has 32 heavy (non-hydrogen) atoms. The van der Waals surface area contributed by atoms with Crippen molar-refractivity contribution < 1.29 is 24.2 Å². The Balaban J connectivity index is 1.65. The van der Waals surface area contributed by atoms with Gasteiger partial charge in [0.2, 0.25) is 0 Å². The van der Waals surface area contributed by atoms with E-state index in [1.165, 1.54) is 7.11 Å². The van der Waals surface area contributed by atoms with Crippen molar-refractivity contribution in [3.63, 3.8) is 0 Å². The Morgan fingerprint density at radius 1 is 1.16 bits per heavy atom. The van der Waals surface area contributed by atoms with E-state index in [1.54, 1.807) is 53.7 Å². The van der Waals surface area contributed by atoms with Gasteiger partial charge in [-0.05, 0) is 36.2 Å². The number of aliphatic hydroxyl groups is 1. The molecule has 0 aliphatic carbocycles. The number of carbonyl (C=O) groups excluding carboxylic acids is 2. The summed E-state index contributed by atoms with van der Waals surface area (Å²) in [5.74, 6) is -0.939. The van der Waals surface area contributed by atoms with Gasteiger partial charge in [-0.25, -0.2) is 0 Å². The van der Waals surface area contributed by atoms with E-state index in [9.17, 15) is 14.7 Å². The van der Waals surface area contributed by atoms with Crippen molar-refractivity contribution in [2.45, 2.75) is 12.5 Å². The molecule has 2 saturated heterocycles. The van der Waals surface area contributed by atoms with Crippen LogP contribution in [0, 0.1) is 0 Å². The van der Waals surface area contributed by atoms with Crippen molar-refractivity contribution >= 4 is 17.4 Å². The van der Waals surface area contributed by atoms with Crippen molar-refractivity contribution in [2.24, 2.45) is 0 Å². The number of ketones is 1. The van der Waals surface area contributed by atoms with Crippen LogP contribution in [0.3, 0.4) is 0 Å². The highest BCUT2D eigenvalue weighted by Gasteiger charge is 2.45. The third kappa shape index (κ3) is 4.51. The number of amides is 1. The lowest BCUT2D eigenvalue weighted by Gasteiger charge is -2.29. The molecule has 168 valence electrons. The molecule has 3 heterocycles. The highest BCUT2D eigenvalue weighted by molar-refractivity contribution is 6.46. The van der Waals surface area contributed by atoms with Crippen LogP contribution in [0.5, 0.6) is 5.75 Å². The fraction of sp³-hybridized carbons (Fsp3) is 0.375. The smallest absolute Gasteiger partial charge is 0.295 e. The molecule has 0 radical (unpaired) electrons. The first kappa shape index (κ1) is 22.0. The number of likely N-dealkylation sites (tertiary alicyclic amines) is 1. The van der Waals surface area contributed by atoms with Crippen molar-refractivity contribution in [1.82, 2.24) is 14.8 Å². The summed E-state index contributed by atoms with van der Waals surface area (Å²) in [6.07, 6.45) is 3.96. The number of Topliss-reactive ketones (excluding diaryl/α,β-unsaturated/α-hetero) is 1. The zero-order valence-electron chi connectivity index (χ0n) is 18.1. The summed E-state index contributed by atoms with van der Waals surface area (Å²) in [7, 11) is 1.53. The van der Waals surface area contributed by atoms with E-state index in [4.69, 9.17) is 9.47 Å². The predicted molar refractivity (Wildman–Crippen MR) is 118 cm³/mol. The minimum absolute atomic E-state index is 0.0841. The number of hydrogen-bond donors (Lipinski definition) is 1. The molecule has 8 nitrogen and oxygen atoms in total. The normalized spacial score (nSPS) is 21.2. The molecular weight excluding hydrogens is 410 g/mol. The van der Waals surface area contributed by atoms with Gasteiger partial charge in [-0.15, -0.1) is 0 Å². The van der Waals surface area contributed by atoms with Gasteiger partial charge in [0.05, 0.1) is 31.9 Å². The molecule has 4 rings (SSSR count). The quantitative estimate of drug-likeness (QED) is 0.403. The van der Waals surface area contributed by atoms with Crippen LogP contribution in [0.25, 0.3) is 5.76 Å². The molecule has 0 bridgehead atoms. The van der Waals surface area contributed by atoms with Crippen LogP contribution < -0.4 is 4.74 Å². The van der Waals surface area contributed by atoms with Gasteiger partial charge in [0.15, 0.2) is 0 Å². The standard InChI is InChI=1S/C24H27N3O5/c1-31-19-5-2-4-18(16-19)22(28)20-21(17-6-8-25-9-7-17)27(24(30)23(20)29)11-3-10-26-12-14-32-15-13-26/h2,4-9,16,21,28H,3,10-15H2,1H3/b22-20+/t21-/m1/s1. The lowest BCUT2D eigenvalue weighted by Crippen LogP contribution is -2.38. The first-order valence-electron chi connectivity index (χ1n) is 10.7.